The van der Waals surface area contributed by atoms with E-state index in [0.29, 0.717) is 0 Å². The molecule has 1 nitrogen and oxygen atoms in total. The first-order chi connectivity index (χ1) is 5.50. The van der Waals surface area contributed by atoms with E-state index < -0.39 is 0 Å². The van der Waals surface area contributed by atoms with Crippen molar-refractivity contribution in [3.63, 3.8) is 0 Å². The molecule has 0 amide bonds. The Morgan fingerprint density at radius 2 is 1.36 bits per heavy atom. The Morgan fingerprint density at radius 3 is 1.55 bits per heavy atom. The van der Waals surface area contributed by atoms with Gasteiger partial charge in [-0.1, -0.05) is 38.5 Å². The van der Waals surface area contributed by atoms with E-state index >= 15 is 0 Å². The van der Waals surface area contributed by atoms with Gasteiger partial charge < -0.3 is 4.74 Å². The molecule has 0 aromatic carbocycles. The summed E-state index contributed by atoms with van der Waals surface area (Å²) >= 11 is 1.85. The van der Waals surface area contributed by atoms with Crippen LogP contribution in [0.2, 0.25) is 0 Å². The van der Waals surface area contributed by atoms with E-state index in [0.717, 1.165) is 12.5 Å². The lowest BCUT2D eigenvalue weighted by molar-refractivity contribution is 0.217. The highest BCUT2D eigenvalue weighted by Gasteiger charge is 1.95. The zero-order valence-electron chi connectivity index (χ0n) is 7.18. The molecule has 0 N–H and O–H groups in total. The summed E-state index contributed by atoms with van der Waals surface area (Å²) in [6.07, 6.45) is 9.00. The Kier molecular flexibility index (Phi) is 5.97. The van der Waals surface area contributed by atoms with Crippen molar-refractivity contribution >= 4 is 11.8 Å². The van der Waals surface area contributed by atoms with Gasteiger partial charge in [0.1, 0.15) is 0 Å². The van der Waals surface area contributed by atoms with Crippen LogP contribution in [-0.4, -0.2) is 18.3 Å². The molecule has 0 aromatic rings. The number of thioether (sulfide) groups is 1. The Labute approximate surface area is 73.9 Å². The molecule has 2 fully saturated rings. The van der Waals surface area contributed by atoms with Gasteiger partial charge in [0.2, 0.25) is 0 Å². The van der Waals surface area contributed by atoms with E-state index in [1.54, 1.807) is 0 Å². The van der Waals surface area contributed by atoms with Gasteiger partial charge >= 0.3 is 0 Å². The van der Waals surface area contributed by atoms with Crippen LogP contribution < -0.4 is 0 Å². The average Bonchev–Trinajstić information content (AvgIpc) is 2.64. The highest BCUT2D eigenvalue weighted by Crippen LogP contribution is 2.15. The van der Waals surface area contributed by atoms with Crippen LogP contribution in [0.5, 0.6) is 0 Å². The SMILES string of the molecule is C1CCCCC1.C1CSCO1. The molecule has 1 saturated heterocycles. The van der Waals surface area contributed by atoms with Crippen LogP contribution in [0.25, 0.3) is 0 Å². The lowest BCUT2D eigenvalue weighted by Crippen LogP contribution is -1.85. The summed E-state index contributed by atoms with van der Waals surface area (Å²) in [5.74, 6) is 2.11. The highest BCUT2D eigenvalue weighted by molar-refractivity contribution is 7.99. The van der Waals surface area contributed by atoms with Crippen LogP contribution in [-0.2, 0) is 4.74 Å². The zero-order chi connectivity index (χ0) is 7.78. The molecular formula is C9H18OS. The Hall–Kier alpha value is 0.310. The molecule has 0 atom stereocenters. The minimum Gasteiger partial charge on any atom is -0.370 e. The van der Waals surface area contributed by atoms with Crippen LogP contribution in [0.1, 0.15) is 38.5 Å². The standard InChI is InChI=1S/C6H12.C3H6OS/c1-2-4-6-5-3-1;1-2-5-3-4-1/h1-6H2;1-3H2. The third kappa shape index (κ3) is 5.57. The maximum atomic E-state index is 4.91. The van der Waals surface area contributed by atoms with Crippen LogP contribution in [0.3, 0.4) is 0 Å². The van der Waals surface area contributed by atoms with Gasteiger partial charge in [-0.05, 0) is 0 Å². The first-order valence-corrected chi connectivity index (χ1v) is 5.81. The summed E-state index contributed by atoms with van der Waals surface area (Å²) in [7, 11) is 0. The van der Waals surface area contributed by atoms with E-state index in [2.05, 4.69) is 0 Å². The van der Waals surface area contributed by atoms with E-state index in [9.17, 15) is 0 Å². The summed E-state index contributed by atoms with van der Waals surface area (Å²) in [5, 5.41) is 0. The van der Waals surface area contributed by atoms with Crippen molar-refractivity contribution in [3.8, 4) is 0 Å². The summed E-state index contributed by atoms with van der Waals surface area (Å²) in [6, 6.07) is 0. The number of hydrogen-bond donors (Lipinski definition) is 0. The van der Waals surface area contributed by atoms with Gasteiger partial charge in [-0.15, -0.1) is 11.8 Å². The van der Waals surface area contributed by atoms with Gasteiger partial charge in [0.05, 0.1) is 12.5 Å². The topological polar surface area (TPSA) is 9.23 Å². The molecular weight excluding hydrogens is 156 g/mol. The van der Waals surface area contributed by atoms with Crippen LogP contribution >= 0.6 is 11.8 Å². The summed E-state index contributed by atoms with van der Waals surface area (Å²) in [5.41, 5.74) is 0. The highest BCUT2D eigenvalue weighted by atomic mass is 32.2. The molecule has 1 saturated carbocycles. The van der Waals surface area contributed by atoms with Crippen LogP contribution in [0.4, 0.5) is 0 Å². The Bertz CT molecular complexity index is 58.5. The predicted octanol–water partition coefficient (Wildman–Crippen LogP) is 3.05. The molecule has 2 heteroatoms. The molecule has 11 heavy (non-hydrogen) atoms. The average molecular weight is 174 g/mol. The van der Waals surface area contributed by atoms with Crippen molar-refractivity contribution < 1.29 is 4.74 Å². The fourth-order valence-electron chi connectivity index (χ4n) is 1.36. The first-order valence-electron chi connectivity index (χ1n) is 4.65. The zero-order valence-corrected chi connectivity index (χ0v) is 8.00. The molecule has 66 valence electrons. The minimum atomic E-state index is 0.917. The monoisotopic (exact) mass is 174 g/mol. The molecule has 0 spiro atoms. The third-order valence-corrected chi connectivity index (χ3v) is 2.83. The predicted molar refractivity (Wildman–Crippen MR) is 51.0 cm³/mol. The van der Waals surface area contributed by atoms with E-state index in [-0.39, 0.29) is 0 Å². The van der Waals surface area contributed by atoms with E-state index in [1.165, 1.54) is 44.3 Å². The number of rotatable bonds is 0. The van der Waals surface area contributed by atoms with Crippen molar-refractivity contribution in [2.45, 2.75) is 38.5 Å². The smallest absolute Gasteiger partial charge is 0.0922 e. The fraction of sp³-hybridized carbons (Fsp3) is 1.00. The molecule has 2 aliphatic rings. The lowest BCUT2D eigenvalue weighted by Gasteiger charge is -2.05. The molecule has 1 aliphatic heterocycles. The number of ether oxygens (including phenoxy) is 1. The molecule has 2 rings (SSSR count). The van der Waals surface area contributed by atoms with E-state index in [4.69, 9.17) is 4.74 Å². The first kappa shape index (κ1) is 9.40. The van der Waals surface area contributed by atoms with E-state index in [1.807, 2.05) is 11.8 Å². The van der Waals surface area contributed by atoms with Gasteiger partial charge in [0.25, 0.3) is 0 Å². The minimum absolute atomic E-state index is 0.917. The fourth-order valence-corrected chi connectivity index (χ4v) is 1.94. The molecule has 0 bridgehead atoms. The van der Waals surface area contributed by atoms with Gasteiger partial charge in [-0.2, -0.15) is 0 Å². The van der Waals surface area contributed by atoms with Crippen molar-refractivity contribution in [1.82, 2.24) is 0 Å². The normalized spacial score (nSPS) is 24.0. The van der Waals surface area contributed by atoms with Gasteiger partial charge in [0, 0.05) is 5.75 Å². The van der Waals surface area contributed by atoms with Crippen LogP contribution in [0.15, 0.2) is 0 Å². The van der Waals surface area contributed by atoms with Gasteiger partial charge in [-0.3, -0.25) is 0 Å². The largest absolute Gasteiger partial charge is 0.370 e. The number of hydrogen-bond acceptors (Lipinski definition) is 2. The van der Waals surface area contributed by atoms with Crippen molar-refractivity contribution in [3.05, 3.63) is 0 Å². The van der Waals surface area contributed by atoms with Gasteiger partial charge in [0.15, 0.2) is 0 Å². The second-order valence-electron chi connectivity index (χ2n) is 3.06. The molecule has 1 heterocycles. The lowest BCUT2D eigenvalue weighted by atomic mass is 10.0. The molecule has 1 aliphatic carbocycles. The second-order valence-corrected chi connectivity index (χ2v) is 4.11. The quantitative estimate of drug-likeness (QED) is 0.558. The van der Waals surface area contributed by atoms with Gasteiger partial charge in [-0.25, -0.2) is 0 Å². The van der Waals surface area contributed by atoms with Crippen molar-refractivity contribution in [2.24, 2.45) is 0 Å². The van der Waals surface area contributed by atoms with Crippen molar-refractivity contribution in [2.75, 3.05) is 18.3 Å². The molecule has 0 unspecified atom stereocenters. The third-order valence-electron chi connectivity index (χ3n) is 2.04. The summed E-state index contributed by atoms with van der Waals surface area (Å²) in [6.45, 7) is 0.963. The van der Waals surface area contributed by atoms with Crippen molar-refractivity contribution in [1.29, 1.82) is 0 Å². The van der Waals surface area contributed by atoms with Crippen LogP contribution in [0, 0.1) is 0 Å². The maximum absolute atomic E-state index is 4.91. The summed E-state index contributed by atoms with van der Waals surface area (Å²) in [4.78, 5) is 0. The molecule has 0 radical (unpaired) electrons. The maximum Gasteiger partial charge on any atom is 0.0922 e. The Balaban J connectivity index is 0.000000112. The Morgan fingerprint density at radius 1 is 0.818 bits per heavy atom. The second kappa shape index (κ2) is 6.99. The molecule has 0 aromatic heterocycles. The summed E-state index contributed by atoms with van der Waals surface area (Å²) < 4.78 is 4.91.